The van der Waals surface area contributed by atoms with Gasteiger partial charge >= 0.3 is 0 Å². The quantitative estimate of drug-likeness (QED) is 0.421. The molecule has 0 bridgehead atoms. The maximum atomic E-state index is 12.7. The van der Waals surface area contributed by atoms with Crippen LogP contribution in [0.25, 0.3) is 0 Å². The Morgan fingerprint density at radius 2 is 1.85 bits per heavy atom. The largest absolute Gasteiger partial charge is 0.273 e. The number of carbonyl (C=O) groups excluding carboxylic acids is 1. The van der Waals surface area contributed by atoms with E-state index in [0.717, 1.165) is 23.7 Å². The average Bonchev–Trinajstić information content (AvgIpc) is 2.69. The molecule has 3 rings (SSSR count). The third-order valence-corrected chi connectivity index (χ3v) is 7.49. The molecular weight excluding hydrogens is 430 g/mol. The standard InChI is InChI=1S/C19H24BrN3O3S/c20-17-6-8-18(9-7-17)27(25,26)23-12-10-16(11-13-23)19(24)22-21-14-15-4-2-1-3-5-15/h1-2,6-9,14-16H,3-5,10-13H2,(H,22,24)/b21-14+. The molecular formula is C19H24BrN3O3S. The molecule has 1 fully saturated rings. The molecule has 1 heterocycles. The van der Waals surface area contributed by atoms with Crippen LogP contribution in [0.2, 0.25) is 0 Å². The highest BCUT2D eigenvalue weighted by atomic mass is 79.9. The van der Waals surface area contributed by atoms with E-state index in [1.165, 1.54) is 4.31 Å². The molecule has 1 aromatic rings. The fourth-order valence-electron chi connectivity index (χ4n) is 3.36. The Morgan fingerprint density at radius 3 is 2.48 bits per heavy atom. The summed E-state index contributed by atoms with van der Waals surface area (Å²) in [5.74, 6) is 0.0521. The van der Waals surface area contributed by atoms with Gasteiger partial charge in [-0.1, -0.05) is 28.1 Å². The maximum absolute atomic E-state index is 12.7. The van der Waals surface area contributed by atoms with Crippen LogP contribution in [0.3, 0.4) is 0 Å². The van der Waals surface area contributed by atoms with Crippen LogP contribution in [0.5, 0.6) is 0 Å². The van der Waals surface area contributed by atoms with Crippen molar-refractivity contribution in [1.29, 1.82) is 0 Å². The van der Waals surface area contributed by atoms with Crippen LogP contribution in [0.1, 0.15) is 32.1 Å². The number of allylic oxidation sites excluding steroid dienone is 2. The summed E-state index contributed by atoms with van der Waals surface area (Å²) in [7, 11) is -3.51. The van der Waals surface area contributed by atoms with Crippen molar-refractivity contribution < 1.29 is 13.2 Å². The van der Waals surface area contributed by atoms with Gasteiger partial charge in [-0.05, 0) is 62.3 Å². The zero-order chi connectivity index (χ0) is 19.3. The van der Waals surface area contributed by atoms with Crippen molar-refractivity contribution >= 4 is 38.1 Å². The van der Waals surface area contributed by atoms with Crippen LogP contribution in [-0.2, 0) is 14.8 Å². The SMILES string of the molecule is O=C(N/N=C/C1CC=CCC1)C1CCN(S(=O)(=O)c2ccc(Br)cc2)CC1. The van der Waals surface area contributed by atoms with Gasteiger partial charge in [-0.15, -0.1) is 0 Å². The van der Waals surface area contributed by atoms with E-state index < -0.39 is 10.0 Å². The number of benzene rings is 1. The smallest absolute Gasteiger partial charge is 0.243 e. The average molecular weight is 454 g/mol. The third kappa shape index (κ3) is 5.27. The van der Waals surface area contributed by atoms with Crippen LogP contribution >= 0.6 is 15.9 Å². The minimum atomic E-state index is -3.51. The summed E-state index contributed by atoms with van der Waals surface area (Å²) in [6, 6.07) is 6.61. The Kier molecular flexibility index (Phi) is 6.83. The van der Waals surface area contributed by atoms with Crippen molar-refractivity contribution in [3.8, 4) is 0 Å². The molecule has 27 heavy (non-hydrogen) atoms. The summed E-state index contributed by atoms with van der Waals surface area (Å²) in [4.78, 5) is 12.6. The topological polar surface area (TPSA) is 78.8 Å². The lowest BCUT2D eigenvalue weighted by Gasteiger charge is -2.30. The Bertz CT molecular complexity index is 813. The molecule has 1 aliphatic heterocycles. The van der Waals surface area contributed by atoms with E-state index in [9.17, 15) is 13.2 Å². The molecule has 1 aromatic carbocycles. The summed E-state index contributed by atoms with van der Waals surface area (Å²) >= 11 is 3.31. The second-order valence-corrected chi connectivity index (χ2v) is 9.78. The highest BCUT2D eigenvalue weighted by molar-refractivity contribution is 9.10. The number of carbonyl (C=O) groups is 1. The highest BCUT2D eigenvalue weighted by Crippen LogP contribution is 2.25. The van der Waals surface area contributed by atoms with Crippen LogP contribution in [-0.4, -0.2) is 37.9 Å². The van der Waals surface area contributed by atoms with Crippen molar-refractivity contribution in [2.45, 2.75) is 37.0 Å². The van der Waals surface area contributed by atoms with Gasteiger partial charge in [0, 0.05) is 29.7 Å². The molecule has 1 amide bonds. The Hall–Kier alpha value is -1.51. The lowest BCUT2D eigenvalue weighted by molar-refractivity contribution is -0.126. The van der Waals surface area contributed by atoms with Gasteiger partial charge < -0.3 is 0 Å². The number of nitrogens with zero attached hydrogens (tertiary/aromatic N) is 2. The van der Waals surface area contributed by atoms with Gasteiger partial charge in [0.15, 0.2) is 0 Å². The summed E-state index contributed by atoms with van der Waals surface area (Å²) in [5, 5.41) is 4.10. The Labute approximate surface area is 168 Å². The number of hydrogen-bond acceptors (Lipinski definition) is 4. The lowest BCUT2D eigenvalue weighted by Crippen LogP contribution is -2.42. The molecule has 1 atom stereocenters. The van der Waals surface area contributed by atoms with Crippen LogP contribution in [0.15, 0.2) is 50.9 Å². The predicted molar refractivity (Wildman–Crippen MR) is 109 cm³/mol. The van der Waals surface area contributed by atoms with Gasteiger partial charge in [-0.2, -0.15) is 9.41 Å². The number of halogens is 1. The molecule has 2 aliphatic rings. The maximum Gasteiger partial charge on any atom is 0.243 e. The van der Waals surface area contributed by atoms with E-state index in [-0.39, 0.29) is 16.7 Å². The molecule has 1 unspecified atom stereocenters. The molecule has 1 N–H and O–H groups in total. The van der Waals surface area contributed by atoms with Crippen molar-refractivity contribution in [3.63, 3.8) is 0 Å². The normalized spacial score (nSPS) is 22.2. The number of nitrogens with one attached hydrogen (secondary N) is 1. The first-order valence-electron chi connectivity index (χ1n) is 9.20. The zero-order valence-electron chi connectivity index (χ0n) is 15.1. The van der Waals surface area contributed by atoms with Crippen LogP contribution < -0.4 is 5.43 Å². The molecule has 1 aliphatic carbocycles. The van der Waals surface area contributed by atoms with Gasteiger partial charge in [0.25, 0.3) is 0 Å². The summed E-state index contributed by atoms with van der Waals surface area (Å²) in [6.45, 7) is 0.682. The molecule has 0 radical (unpaired) electrons. The molecule has 0 spiro atoms. The Morgan fingerprint density at radius 1 is 1.15 bits per heavy atom. The number of piperidine rings is 1. The molecule has 0 aromatic heterocycles. The van der Waals surface area contributed by atoms with E-state index in [1.54, 1.807) is 24.3 Å². The van der Waals surface area contributed by atoms with E-state index in [2.05, 4.69) is 38.6 Å². The van der Waals surface area contributed by atoms with Gasteiger partial charge in [0.1, 0.15) is 0 Å². The number of sulfonamides is 1. The third-order valence-electron chi connectivity index (χ3n) is 5.05. The minimum absolute atomic E-state index is 0.127. The number of rotatable bonds is 5. The van der Waals surface area contributed by atoms with Gasteiger partial charge in [0.05, 0.1) is 4.90 Å². The fourth-order valence-corrected chi connectivity index (χ4v) is 5.10. The van der Waals surface area contributed by atoms with Crippen LogP contribution in [0, 0.1) is 11.8 Å². The first kappa shape index (κ1) is 20.2. The van der Waals surface area contributed by atoms with Crippen LogP contribution in [0.4, 0.5) is 0 Å². The molecule has 146 valence electrons. The van der Waals surface area contributed by atoms with E-state index >= 15 is 0 Å². The molecule has 8 heteroatoms. The van der Waals surface area contributed by atoms with E-state index in [4.69, 9.17) is 0 Å². The molecule has 1 saturated heterocycles. The molecule has 6 nitrogen and oxygen atoms in total. The van der Waals surface area contributed by atoms with E-state index in [1.807, 2.05) is 6.21 Å². The summed E-state index contributed by atoms with van der Waals surface area (Å²) in [5.41, 5.74) is 2.62. The first-order valence-corrected chi connectivity index (χ1v) is 11.4. The number of hydrogen-bond donors (Lipinski definition) is 1. The second kappa shape index (κ2) is 9.12. The van der Waals surface area contributed by atoms with Gasteiger partial charge in [0.2, 0.25) is 15.9 Å². The van der Waals surface area contributed by atoms with Crippen molar-refractivity contribution in [3.05, 3.63) is 40.9 Å². The highest BCUT2D eigenvalue weighted by Gasteiger charge is 2.32. The number of hydrazone groups is 1. The van der Waals surface area contributed by atoms with Crippen molar-refractivity contribution in [2.75, 3.05) is 13.1 Å². The monoisotopic (exact) mass is 453 g/mol. The second-order valence-electron chi connectivity index (χ2n) is 6.93. The fraction of sp³-hybridized carbons (Fsp3) is 0.474. The first-order chi connectivity index (χ1) is 13.0. The van der Waals surface area contributed by atoms with Gasteiger partial charge in [-0.3, -0.25) is 4.79 Å². The predicted octanol–water partition coefficient (Wildman–Crippen LogP) is 3.31. The zero-order valence-corrected chi connectivity index (χ0v) is 17.5. The van der Waals surface area contributed by atoms with Crippen molar-refractivity contribution in [1.82, 2.24) is 9.73 Å². The summed E-state index contributed by atoms with van der Waals surface area (Å²) < 4.78 is 27.7. The van der Waals surface area contributed by atoms with Gasteiger partial charge in [-0.25, -0.2) is 13.8 Å². The number of amides is 1. The van der Waals surface area contributed by atoms with E-state index in [0.29, 0.717) is 31.8 Å². The summed E-state index contributed by atoms with van der Waals surface area (Å²) in [6.07, 6.45) is 10.2. The molecule has 0 saturated carbocycles. The Balaban J connectivity index is 1.50. The minimum Gasteiger partial charge on any atom is -0.273 e. The lowest BCUT2D eigenvalue weighted by atomic mass is 9.96. The van der Waals surface area contributed by atoms with Crippen molar-refractivity contribution in [2.24, 2.45) is 16.9 Å².